The summed E-state index contributed by atoms with van der Waals surface area (Å²) in [6, 6.07) is 0.300. The number of nitrogens with zero attached hydrogens (tertiary/aromatic N) is 2. The molecule has 5 nitrogen and oxygen atoms in total. The second kappa shape index (κ2) is 5.95. The highest BCUT2D eigenvalue weighted by Crippen LogP contribution is 2.14. The maximum atomic E-state index is 11.2. The van der Waals surface area contributed by atoms with Crippen LogP contribution in [0.4, 0.5) is 4.79 Å². The first-order valence-electron chi connectivity index (χ1n) is 5.28. The first-order chi connectivity index (χ1) is 7.67. The van der Waals surface area contributed by atoms with Crippen molar-refractivity contribution in [2.75, 3.05) is 6.54 Å². The number of nitrogens with one attached hydrogen (secondary N) is 1. The van der Waals surface area contributed by atoms with E-state index in [-0.39, 0.29) is 0 Å². The van der Waals surface area contributed by atoms with Crippen LogP contribution in [-0.2, 0) is 0 Å². The Morgan fingerprint density at radius 1 is 1.81 bits per heavy atom. The molecular weight excluding hydrogens is 206 g/mol. The summed E-state index contributed by atoms with van der Waals surface area (Å²) in [6.07, 6.45) is 5.30. The topological polar surface area (TPSA) is 56.1 Å². The number of amides is 1. The minimum absolute atomic E-state index is 0.300. The molecule has 1 N–H and O–H groups in total. The van der Waals surface area contributed by atoms with Gasteiger partial charge in [-0.2, -0.15) is 5.10 Å². The third kappa shape index (κ3) is 3.42. The van der Waals surface area contributed by atoms with Crippen LogP contribution in [0.3, 0.4) is 0 Å². The lowest BCUT2D eigenvalue weighted by molar-refractivity contribution is 0.201. The van der Waals surface area contributed by atoms with Crippen LogP contribution in [0.5, 0.6) is 5.75 Å². The second-order valence-corrected chi connectivity index (χ2v) is 3.47. The molecule has 0 fully saturated rings. The normalized spacial score (nSPS) is 11.9. The van der Waals surface area contributed by atoms with Crippen LogP contribution in [0.1, 0.15) is 26.3 Å². The molecule has 0 spiro atoms. The van der Waals surface area contributed by atoms with Crippen LogP contribution < -0.4 is 10.1 Å². The molecule has 1 atom stereocenters. The Balaban J connectivity index is 2.51. The fourth-order valence-electron chi connectivity index (χ4n) is 1.10. The lowest BCUT2D eigenvalue weighted by Gasteiger charge is -2.07. The van der Waals surface area contributed by atoms with E-state index in [0.29, 0.717) is 18.3 Å². The molecule has 0 bridgehead atoms. The third-order valence-corrected chi connectivity index (χ3v) is 2.22. The van der Waals surface area contributed by atoms with Gasteiger partial charge in [-0.25, -0.2) is 4.79 Å². The van der Waals surface area contributed by atoms with Crippen molar-refractivity contribution in [2.45, 2.75) is 26.3 Å². The first-order valence-corrected chi connectivity index (χ1v) is 5.28. The van der Waals surface area contributed by atoms with E-state index >= 15 is 0 Å². The number of carbonyl (C=O) groups excluding carboxylic acids is 1. The van der Waals surface area contributed by atoms with E-state index in [9.17, 15) is 4.79 Å². The van der Waals surface area contributed by atoms with Crippen LogP contribution in [0.2, 0.25) is 0 Å². The second-order valence-electron chi connectivity index (χ2n) is 3.47. The molecule has 0 aliphatic rings. The highest BCUT2D eigenvalue weighted by Gasteiger charge is 2.08. The fraction of sp³-hybridized carbons (Fsp3) is 0.455. The average Bonchev–Trinajstić information content (AvgIpc) is 2.73. The molecule has 5 heteroatoms. The molecule has 0 aliphatic heterocycles. The van der Waals surface area contributed by atoms with Gasteiger partial charge in [0.05, 0.1) is 12.4 Å². The summed E-state index contributed by atoms with van der Waals surface area (Å²) < 4.78 is 6.78. The van der Waals surface area contributed by atoms with Crippen molar-refractivity contribution in [3.63, 3.8) is 0 Å². The molecule has 16 heavy (non-hydrogen) atoms. The van der Waals surface area contributed by atoms with E-state index in [4.69, 9.17) is 4.74 Å². The Morgan fingerprint density at radius 3 is 3.19 bits per heavy atom. The summed E-state index contributed by atoms with van der Waals surface area (Å²) >= 11 is 0. The molecule has 1 amide bonds. The van der Waals surface area contributed by atoms with Gasteiger partial charge in [-0.15, -0.1) is 6.58 Å². The number of aromatic nitrogens is 2. The van der Waals surface area contributed by atoms with Gasteiger partial charge < -0.3 is 10.1 Å². The summed E-state index contributed by atoms with van der Waals surface area (Å²) in [6.45, 7) is 8.00. The van der Waals surface area contributed by atoms with Gasteiger partial charge in [0.15, 0.2) is 5.75 Å². The molecule has 1 unspecified atom stereocenters. The van der Waals surface area contributed by atoms with Crippen molar-refractivity contribution in [3.05, 3.63) is 25.0 Å². The minimum atomic E-state index is -0.497. The number of hydrogen-bond donors (Lipinski definition) is 1. The van der Waals surface area contributed by atoms with Gasteiger partial charge in [-0.05, 0) is 13.3 Å². The first kappa shape index (κ1) is 12.3. The van der Waals surface area contributed by atoms with Crippen LogP contribution in [0.15, 0.2) is 25.0 Å². The number of carbonyl (C=O) groups is 1. The maximum absolute atomic E-state index is 11.2. The molecule has 88 valence electrons. The Bertz CT molecular complexity index is 360. The summed E-state index contributed by atoms with van der Waals surface area (Å²) in [7, 11) is 0. The van der Waals surface area contributed by atoms with Crippen molar-refractivity contribution in [1.29, 1.82) is 0 Å². The van der Waals surface area contributed by atoms with Crippen molar-refractivity contribution in [1.82, 2.24) is 15.1 Å². The summed E-state index contributed by atoms with van der Waals surface area (Å²) in [5.41, 5.74) is 0. The Labute approximate surface area is 95.1 Å². The predicted octanol–water partition coefficient (Wildman–Crippen LogP) is 2.13. The van der Waals surface area contributed by atoms with Gasteiger partial charge in [0.2, 0.25) is 0 Å². The molecule has 0 saturated heterocycles. The highest BCUT2D eigenvalue weighted by molar-refractivity contribution is 5.70. The van der Waals surface area contributed by atoms with Crippen molar-refractivity contribution in [3.8, 4) is 5.75 Å². The van der Waals surface area contributed by atoms with E-state index in [1.165, 1.54) is 6.20 Å². The van der Waals surface area contributed by atoms with Gasteiger partial charge in [-0.1, -0.05) is 13.0 Å². The summed E-state index contributed by atoms with van der Waals surface area (Å²) in [5.74, 6) is 0.446. The largest absolute Gasteiger partial charge is 0.412 e. The molecular formula is C11H17N3O2. The summed E-state index contributed by atoms with van der Waals surface area (Å²) in [4.78, 5) is 11.2. The summed E-state index contributed by atoms with van der Waals surface area (Å²) in [5, 5.41) is 6.63. The number of rotatable bonds is 5. The Hall–Kier alpha value is -1.78. The zero-order chi connectivity index (χ0) is 12.0. The Morgan fingerprint density at radius 2 is 2.56 bits per heavy atom. The van der Waals surface area contributed by atoms with Crippen molar-refractivity contribution in [2.24, 2.45) is 0 Å². The molecule has 1 rings (SSSR count). The molecule has 1 aromatic heterocycles. The van der Waals surface area contributed by atoms with E-state index in [2.05, 4.69) is 30.8 Å². The van der Waals surface area contributed by atoms with Crippen LogP contribution in [-0.4, -0.2) is 22.4 Å². The smallest absolute Gasteiger partial charge is 0.407 e. The molecule has 0 radical (unpaired) electrons. The van der Waals surface area contributed by atoms with E-state index in [0.717, 1.165) is 6.42 Å². The zero-order valence-electron chi connectivity index (χ0n) is 9.64. The maximum Gasteiger partial charge on any atom is 0.412 e. The van der Waals surface area contributed by atoms with Gasteiger partial charge in [0, 0.05) is 12.6 Å². The lowest BCUT2D eigenvalue weighted by atomic mass is 10.3. The molecule has 1 aromatic rings. The van der Waals surface area contributed by atoms with Crippen LogP contribution >= 0.6 is 0 Å². The van der Waals surface area contributed by atoms with Crippen LogP contribution in [0.25, 0.3) is 0 Å². The molecule has 0 saturated carbocycles. The van der Waals surface area contributed by atoms with E-state index in [1.54, 1.807) is 17.0 Å². The monoisotopic (exact) mass is 223 g/mol. The van der Waals surface area contributed by atoms with Crippen LogP contribution in [0, 0.1) is 0 Å². The average molecular weight is 223 g/mol. The predicted molar refractivity (Wildman–Crippen MR) is 61.5 cm³/mol. The molecule has 1 heterocycles. The zero-order valence-corrected chi connectivity index (χ0v) is 9.64. The van der Waals surface area contributed by atoms with Gasteiger partial charge in [0.1, 0.15) is 0 Å². The van der Waals surface area contributed by atoms with E-state index < -0.39 is 6.09 Å². The molecule has 0 aliphatic carbocycles. The molecule has 0 aromatic carbocycles. The Kier molecular flexibility index (Phi) is 4.57. The number of ether oxygens (including phenoxy) is 1. The highest BCUT2D eigenvalue weighted by atomic mass is 16.6. The lowest BCUT2D eigenvalue weighted by Crippen LogP contribution is -2.26. The van der Waals surface area contributed by atoms with Gasteiger partial charge in [0.25, 0.3) is 0 Å². The minimum Gasteiger partial charge on any atom is -0.407 e. The van der Waals surface area contributed by atoms with Gasteiger partial charge >= 0.3 is 6.09 Å². The fourth-order valence-corrected chi connectivity index (χ4v) is 1.10. The SMILES string of the molecule is C=CCNC(=O)Oc1cnn(C(C)CC)c1. The van der Waals surface area contributed by atoms with Crippen molar-refractivity contribution >= 4 is 6.09 Å². The number of hydrogen-bond acceptors (Lipinski definition) is 3. The van der Waals surface area contributed by atoms with Crippen molar-refractivity contribution < 1.29 is 9.53 Å². The van der Waals surface area contributed by atoms with E-state index in [1.807, 2.05) is 0 Å². The standard InChI is InChI=1S/C11H17N3O2/c1-4-6-12-11(15)16-10-7-13-14(8-10)9(3)5-2/h4,7-9H,1,5-6H2,2-3H3,(H,12,15). The van der Waals surface area contributed by atoms with Gasteiger partial charge in [-0.3, -0.25) is 4.68 Å². The quantitative estimate of drug-likeness (QED) is 0.778. The third-order valence-electron chi connectivity index (χ3n) is 2.22.